The van der Waals surface area contributed by atoms with E-state index in [0.29, 0.717) is 11.9 Å². The van der Waals surface area contributed by atoms with Crippen LogP contribution in [0.1, 0.15) is 74.7 Å². The quantitative estimate of drug-likeness (QED) is 0.186. The highest BCUT2D eigenvalue weighted by molar-refractivity contribution is 14.1. The molecule has 0 bridgehead atoms. The molecule has 42 heavy (non-hydrogen) atoms. The van der Waals surface area contributed by atoms with Crippen LogP contribution in [0.3, 0.4) is 0 Å². The van der Waals surface area contributed by atoms with Crippen molar-refractivity contribution in [3.8, 4) is 17.1 Å². The normalized spacial score (nSPS) is 16.6. The van der Waals surface area contributed by atoms with E-state index in [2.05, 4.69) is 72.9 Å². The molecule has 0 radical (unpaired) electrons. The average molecular weight is 687 g/mol. The van der Waals surface area contributed by atoms with Gasteiger partial charge >= 0.3 is 0 Å². The Balaban J connectivity index is 1.46. The van der Waals surface area contributed by atoms with Gasteiger partial charge in [0.15, 0.2) is 6.23 Å². The number of fused-ring (bicyclic) bond motifs is 1. The van der Waals surface area contributed by atoms with Gasteiger partial charge < -0.3 is 9.47 Å². The summed E-state index contributed by atoms with van der Waals surface area (Å²) in [5, 5.41) is 15.3. The van der Waals surface area contributed by atoms with Crippen molar-refractivity contribution in [1.82, 2.24) is 39.2 Å². The number of halogens is 1. The van der Waals surface area contributed by atoms with E-state index in [4.69, 9.17) is 24.7 Å². The van der Waals surface area contributed by atoms with Crippen LogP contribution in [0.4, 0.5) is 0 Å². The fourth-order valence-corrected chi connectivity index (χ4v) is 6.53. The molecule has 1 fully saturated rings. The number of pyridine rings is 1. The third-order valence-corrected chi connectivity index (χ3v) is 9.49. The zero-order chi connectivity index (χ0) is 30.3. The van der Waals surface area contributed by atoms with Gasteiger partial charge in [0.25, 0.3) is 0 Å². The molecule has 4 aromatic rings. The molecule has 0 spiro atoms. The number of hydrogen-bond acceptors (Lipinski definition) is 7. The highest BCUT2D eigenvalue weighted by Crippen LogP contribution is 2.37. The lowest BCUT2D eigenvalue weighted by Gasteiger charge is -2.29. The number of nitrogens with zero attached hydrogens (tertiary/aromatic N) is 8. The van der Waals surface area contributed by atoms with Gasteiger partial charge in [-0.15, -0.1) is 0 Å². The second-order valence-electron chi connectivity index (χ2n) is 11.7. The lowest BCUT2D eigenvalue weighted by atomic mass is 10.1. The second-order valence-corrected chi connectivity index (χ2v) is 12.7. The van der Waals surface area contributed by atoms with Gasteiger partial charge in [0.1, 0.15) is 6.10 Å². The first-order chi connectivity index (χ1) is 20.0. The van der Waals surface area contributed by atoms with E-state index in [1.807, 2.05) is 48.1 Å². The molecule has 0 aliphatic carbocycles. The van der Waals surface area contributed by atoms with Crippen molar-refractivity contribution in [2.45, 2.75) is 85.7 Å². The summed E-state index contributed by atoms with van der Waals surface area (Å²) >= 11 is 2.40. The van der Waals surface area contributed by atoms with Crippen molar-refractivity contribution in [2.75, 3.05) is 13.2 Å². The summed E-state index contributed by atoms with van der Waals surface area (Å²) in [5.74, 6) is 0.712. The van der Waals surface area contributed by atoms with Crippen molar-refractivity contribution in [3.63, 3.8) is 0 Å². The van der Waals surface area contributed by atoms with E-state index in [1.165, 1.54) is 9.26 Å². The Bertz CT molecular complexity index is 1590. The van der Waals surface area contributed by atoms with Crippen LogP contribution in [-0.4, -0.2) is 64.5 Å². The van der Waals surface area contributed by atoms with Crippen LogP contribution in [0.2, 0.25) is 0 Å². The second kappa shape index (κ2) is 12.5. The molecule has 4 aromatic heterocycles. The Morgan fingerprint density at radius 2 is 1.83 bits per heavy atom. The lowest BCUT2D eigenvalue weighted by Crippen LogP contribution is -2.39. The van der Waals surface area contributed by atoms with Crippen LogP contribution < -0.4 is 4.74 Å². The summed E-state index contributed by atoms with van der Waals surface area (Å²) in [6, 6.07) is 2.43. The fourth-order valence-electron chi connectivity index (χ4n) is 5.90. The number of aryl methyl sites for hydroxylation is 5. The van der Waals surface area contributed by atoms with Gasteiger partial charge in [-0.2, -0.15) is 15.3 Å². The molecule has 0 amide bonds. The Labute approximate surface area is 262 Å². The monoisotopic (exact) mass is 686 g/mol. The number of aromatic nitrogens is 7. The molecule has 0 aromatic carbocycles. The van der Waals surface area contributed by atoms with Gasteiger partial charge in [-0.1, -0.05) is 6.58 Å². The molecular weight excluding hydrogens is 643 g/mol. The van der Waals surface area contributed by atoms with Gasteiger partial charge in [-0.05, 0) is 95.5 Å². The Morgan fingerprint density at radius 3 is 2.45 bits per heavy atom. The number of ether oxygens (including phenoxy) is 2. The lowest BCUT2D eigenvalue weighted by molar-refractivity contribution is -0.0368. The van der Waals surface area contributed by atoms with Crippen LogP contribution in [0, 0.1) is 24.3 Å². The van der Waals surface area contributed by atoms with Crippen LogP contribution in [0.5, 0.6) is 5.88 Å². The van der Waals surface area contributed by atoms with Gasteiger partial charge in [-0.3, -0.25) is 14.6 Å². The topological polar surface area (TPSA) is 88.0 Å². The van der Waals surface area contributed by atoms with Crippen molar-refractivity contribution in [1.29, 1.82) is 0 Å². The fraction of sp³-hybridized carbons (Fsp3) is 0.548. The van der Waals surface area contributed by atoms with E-state index in [0.717, 1.165) is 83.9 Å². The summed E-state index contributed by atoms with van der Waals surface area (Å²) in [4.78, 5) is 7.51. The largest absolute Gasteiger partial charge is 0.473 e. The summed E-state index contributed by atoms with van der Waals surface area (Å²) in [6.07, 6.45) is 4.80. The predicted octanol–water partition coefficient (Wildman–Crippen LogP) is 6.12. The summed E-state index contributed by atoms with van der Waals surface area (Å²) < 4.78 is 19.8. The van der Waals surface area contributed by atoms with Crippen molar-refractivity contribution >= 4 is 39.6 Å². The third-order valence-electron chi connectivity index (χ3n) is 8.08. The molecule has 0 N–H and O–H groups in total. The van der Waals surface area contributed by atoms with Crippen LogP contribution in [-0.2, 0) is 25.4 Å². The van der Waals surface area contributed by atoms with E-state index in [9.17, 15) is 0 Å². The molecule has 0 saturated carbocycles. The zero-order valence-electron chi connectivity index (χ0n) is 26.1. The smallest absolute Gasteiger partial charge is 0.221 e. The third kappa shape index (κ3) is 5.87. The predicted molar refractivity (Wildman–Crippen MR) is 174 cm³/mol. The highest BCUT2D eigenvalue weighted by atomic mass is 127. The Hall–Kier alpha value is -2.77. The minimum atomic E-state index is -0.0901. The molecule has 5 rings (SSSR count). The molecule has 1 saturated heterocycles. The van der Waals surface area contributed by atoms with Crippen molar-refractivity contribution in [3.05, 3.63) is 44.7 Å². The number of rotatable bonds is 10. The van der Waals surface area contributed by atoms with Crippen LogP contribution >= 0.6 is 22.6 Å². The molecule has 2 atom stereocenters. The molecular formula is C31H43IN8O2. The summed E-state index contributed by atoms with van der Waals surface area (Å²) in [5.41, 5.74) is 7.59. The molecule has 11 heteroatoms. The minimum absolute atomic E-state index is 0.0800. The van der Waals surface area contributed by atoms with Gasteiger partial charge in [0.05, 0.1) is 48.8 Å². The van der Waals surface area contributed by atoms with Crippen LogP contribution in [0.15, 0.2) is 12.6 Å². The van der Waals surface area contributed by atoms with E-state index >= 15 is 0 Å². The molecule has 1 unspecified atom stereocenters. The highest BCUT2D eigenvalue weighted by Gasteiger charge is 2.27. The standard InChI is InChI=1S/C31H43IN8O2/c1-10-24-23-15-25(33-22(7)30(23)40(36-24)27-13-11-12-14-41-27)28-20(5)34-38(9)31(28)42-19(4)16-39(18(2)3)17-26-29(32)21(6)35-37(26)8/h10,15,18-19,27H,1,11-14,16-17H2,2-9H3/t19-,27?/m0/s1. The Kier molecular flexibility index (Phi) is 9.10. The first-order valence-corrected chi connectivity index (χ1v) is 15.8. The molecule has 5 heterocycles. The maximum absolute atomic E-state index is 6.68. The SMILES string of the molecule is C=Cc1nn(C2CCCCO2)c2c(C)nc(-c3c(C)nn(C)c3O[C@@H](C)CN(Cc3c(I)c(C)nn3C)C(C)C)cc12. The molecule has 1 aliphatic heterocycles. The maximum Gasteiger partial charge on any atom is 0.221 e. The zero-order valence-corrected chi connectivity index (χ0v) is 28.3. The van der Waals surface area contributed by atoms with Gasteiger partial charge in [0.2, 0.25) is 5.88 Å². The van der Waals surface area contributed by atoms with Crippen LogP contribution in [0.25, 0.3) is 28.2 Å². The van der Waals surface area contributed by atoms with E-state index in [1.54, 1.807) is 0 Å². The summed E-state index contributed by atoms with van der Waals surface area (Å²) in [7, 11) is 3.95. The van der Waals surface area contributed by atoms with Gasteiger partial charge in [0, 0.05) is 45.2 Å². The number of hydrogen-bond donors (Lipinski definition) is 0. The Morgan fingerprint density at radius 1 is 1.10 bits per heavy atom. The van der Waals surface area contributed by atoms with E-state index < -0.39 is 0 Å². The molecule has 226 valence electrons. The first-order valence-electron chi connectivity index (χ1n) is 14.8. The van der Waals surface area contributed by atoms with E-state index in [-0.39, 0.29) is 12.3 Å². The summed E-state index contributed by atoms with van der Waals surface area (Å²) in [6.45, 7) is 19.0. The van der Waals surface area contributed by atoms with Gasteiger partial charge in [-0.25, -0.2) is 9.36 Å². The maximum atomic E-state index is 6.68. The van der Waals surface area contributed by atoms with Crippen molar-refractivity contribution in [2.24, 2.45) is 14.1 Å². The molecule has 1 aliphatic rings. The first kappa shape index (κ1) is 30.7. The average Bonchev–Trinajstić information content (AvgIpc) is 3.54. The van der Waals surface area contributed by atoms with Crippen molar-refractivity contribution < 1.29 is 9.47 Å². The minimum Gasteiger partial charge on any atom is -0.473 e. The molecule has 10 nitrogen and oxygen atoms in total.